The average Bonchev–Trinajstić information content (AvgIpc) is 3.37. The zero-order chi connectivity index (χ0) is 21.8. The topological polar surface area (TPSA) is 82.9 Å². The highest BCUT2D eigenvalue weighted by Gasteiger charge is 2.49. The number of hydrogen-bond donors (Lipinski definition) is 1. The van der Waals surface area contributed by atoms with Crippen LogP contribution in [0.4, 0.5) is 4.79 Å². The predicted octanol–water partition coefficient (Wildman–Crippen LogP) is 3.28. The van der Waals surface area contributed by atoms with Crippen molar-refractivity contribution in [2.75, 3.05) is 6.54 Å². The summed E-state index contributed by atoms with van der Waals surface area (Å²) in [5, 5.41) is 2.73. The number of furan rings is 1. The Kier molecular flexibility index (Phi) is 5.58. The first-order valence-electron chi connectivity index (χ1n) is 10.0. The number of nitrogens with one attached hydrogen (secondary N) is 1. The third kappa shape index (κ3) is 4.21. The summed E-state index contributed by atoms with van der Waals surface area (Å²) in [7, 11) is 0. The fourth-order valence-electron chi connectivity index (χ4n) is 3.67. The SMILES string of the molecule is CC1(c2ccccc2)NC(=O)N(CC(=O)N(Cc2ccccc2)Cc2ccco2)C1=O. The quantitative estimate of drug-likeness (QED) is 0.598. The summed E-state index contributed by atoms with van der Waals surface area (Å²) in [5.41, 5.74) is 0.401. The average molecular weight is 417 g/mol. The predicted molar refractivity (Wildman–Crippen MR) is 113 cm³/mol. The molecule has 1 aromatic heterocycles. The minimum atomic E-state index is -1.20. The van der Waals surface area contributed by atoms with E-state index in [1.807, 2.05) is 36.4 Å². The van der Waals surface area contributed by atoms with E-state index in [0.29, 0.717) is 17.9 Å². The number of nitrogens with zero attached hydrogens (tertiary/aromatic N) is 2. The Morgan fingerprint density at radius 3 is 2.29 bits per heavy atom. The number of hydrogen-bond acceptors (Lipinski definition) is 4. The van der Waals surface area contributed by atoms with Gasteiger partial charge in [-0.25, -0.2) is 4.79 Å². The van der Waals surface area contributed by atoms with Crippen molar-refractivity contribution in [1.29, 1.82) is 0 Å². The summed E-state index contributed by atoms with van der Waals surface area (Å²) in [5.74, 6) is -0.175. The molecule has 1 saturated heterocycles. The lowest BCUT2D eigenvalue weighted by Crippen LogP contribution is -2.44. The van der Waals surface area contributed by atoms with Crippen molar-refractivity contribution in [2.24, 2.45) is 0 Å². The first-order valence-corrected chi connectivity index (χ1v) is 10.0. The van der Waals surface area contributed by atoms with Crippen LogP contribution in [-0.2, 0) is 28.2 Å². The molecule has 0 aliphatic carbocycles. The lowest BCUT2D eigenvalue weighted by atomic mass is 9.92. The number of amides is 4. The number of carbonyl (C=O) groups is 3. The van der Waals surface area contributed by atoms with Gasteiger partial charge in [-0.3, -0.25) is 14.5 Å². The lowest BCUT2D eigenvalue weighted by Gasteiger charge is -2.25. The largest absolute Gasteiger partial charge is 0.467 e. The molecule has 1 aliphatic heterocycles. The molecule has 1 atom stereocenters. The van der Waals surface area contributed by atoms with Gasteiger partial charge in [-0.1, -0.05) is 60.7 Å². The highest BCUT2D eigenvalue weighted by molar-refractivity contribution is 6.09. The maximum absolute atomic E-state index is 13.2. The van der Waals surface area contributed by atoms with Crippen LogP contribution in [0.3, 0.4) is 0 Å². The second-order valence-electron chi connectivity index (χ2n) is 7.63. The number of imide groups is 1. The number of rotatable bonds is 7. The smallest absolute Gasteiger partial charge is 0.325 e. The van der Waals surface area contributed by atoms with E-state index in [1.165, 1.54) is 0 Å². The van der Waals surface area contributed by atoms with Crippen molar-refractivity contribution >= 4 is 17.8 Å². The van der Waals surface area contributed by atoms with E-state index < -0.39 is 17.5 Å². The van der Waals surface area contributed by atoms with Gasteiger partial charge < -0.3 is 14.6 Å². The summed E-state index contributed by atoms with van der Waals surface area (Å²) in [6.07, 6.45) is 1.54. The Morgan fingerprint density at radius 1 is 0.968 bits per heavy atom. The Bertz CT molecular complexity index is 1070. The highest BCUT2D eigenvalue weighted by atomic mass is 16.3. The van der Waals surface area contributed by atoms with Crippen LogP contribution in [0, 0.1) is 0 Å². The molecular formula is C24H23N3O4. The van der Waals surface area contributed by atoms with Gasteiger partial charge in [0, 0.05) is 6.54 Å². The van der Waals surface area contributed by atoms with Crippen molar-refractivity contribution < 1.29 is 18.8 Å². The second-order valence-corrected chi connectivity index (χ2v) is 7.63. The molecule has 158 valence electrons. The van der Waals surface area contributed by atoms with Crippen molar-refractivity contribution in [3.8, 4) is 0 Å². The van der Waals surface area contributed by atoms with Gasteiger partial charge in [0.2, 0.25) is 5.91 Å². The Balaban J connectivity index is 1.53. The van der Waals surface area contributed by atoms with E-state index in [-0.39, 0.29) is 19.0 Å². The zero-order valence-corrected chi connectivity index (χ0v) is 17.2. The Labute approximate surface area is 180 Å². The van der Waals surface area contributed by atoms with Gasteiger partial charge in [0.1, 0.15) is 17.8 Å². The Morgan fingerprint density at radius 2 is 1.65 bits per heavy atom. The molecular weight excluding hydrogens is 394 g/mol. The molecule has 1 fully saturated rings. The molecule has 1 unspecified atom stereocenters. The van der Waals surface area contributed by atoms with Gasteiger partial charge >= 0.3 is 6.03 Å². The van der Waals surface area contributed by atoms with Gasteiger partial charge in [0.05, 0.1) is 12.8 Å². The molecule has 1 aliphatic rings. The van der Waals surface area contributed by atoms with Gasteiger partial charge in [0.15, 0.2) is 0 Å². The van der Waals surface area contributed by atoms with Gasteiger partial charge in [-0.2, -0.15) is 0 Å². The summed E-state index contributed by atoms with van der Waals surface area (Å²) in [6, 6.07) is 21.5. The highest BCUT2D eigenvalue weighted by Crippen LogP contribution is 2.28. The van der Waals surface area contributed by atoms with Crippen LogP contribution in [-0.4, -0.2) is 34.2 Å². The first kappa shape index (κ1) is 20.4. The van der Waals surface area contributed by atoms with Gasteiger partial charge in [0.25, 0.3) is 5.91 Å². The molecule has 31 heavy (non-hydrogen) atoms. The number of urea groups is 1. The fourth-order valence-corrected chi connectivity index (χ4v) is 3.67. The summed E-state index contributed by atoms with van der Waals surface area (Å²) in [4.78, 5) is 41.5. The molecule has 4 amide bonds. The molecule has 0 radical (unpaired) electrons. The van der Waals surface area contributed by atoms with Crippen molar-refractivity contribution in [2.45, 2.75) is 25.6 Å². The van der Waals surface area contributed by atoms with Crippen LogP contribution in [0.15, 0.2) is 83.5 Å². The van der Waals surface area contributed by atoms with Crippen molar-refractivity contribution in [3.05, 3.63) is 95.9 Å². The second kappa shape index (κ2) is 8.47. The van der Waals surface area contributed by atoms with E-state index in [1.54, 1.807) is 54.5 Å². The fraction of sp³-hybridized carbons (Fsp3) is 0.208. The molecule has 0 saturated carbocycles. The van der Waals surface area contributed by atoms with Crippen molar-refractivity contribution in [1.82, 2.24) is 15.1 Å². The molecule has 2 aromatic carbocycles. The van der Waals surface area contributed by atoms with Crippen molar-refractivity contribution in [3.63, 3.8) is 0 Å². The minimum Gasteiger partial charge on any atom is -0.467 e. The third-order valence-corrected chi connectivity index (χ3v) is 5.42. The molecule has 7 nitrogen and oxygen atoms in total. The van der Waals surface area contributed by atoms with Crippen LogP contribution >= 0.6 is 0 Å². The van der Waals surface area contributed by atoms with Crippen LogP contribution in [0.5, 0.6) is 0 Å². The van der Waals surface area contributed by atoms with Gasteiger partial charge in [-0.05, 0) is 30.2 Å². The van der Waals surface area contributed by atoms with Gasteiger partial charge in [-0.15, -0.1) is 0 Å². The maximum atomic E-state index is 13.2. The molecule has 3 aromatic rings. The monoisotopic (exact) mass is 417 g/mol. The first-order chi connectivity index (χ1) is 15.0. The normalized spacial score (nSPS) is 18.2. The number of benzene rings is 2. The van der Waals surface area contributed by atoms with E-state index in [4.69, 9.17) is 4.42 Å². The molecule has 2 heterocycles. The standard InChI is InChI=1S/C24H23N3O4/c1-24(19-11-6-3-7-12-19)22(29)27(23(30)25-24)17-21(28)26(16-20-13-8-14-31-20)15-18-9-4-2-5-10-18/h2-14H,15-17H2,1H3,(H,25,30). The minimum absolute atomic E-state index is 0.236. The number of carbonyl (C=O) groups excluding carboxylic acids is 3. The summed E-state index contributed by atoms with van der Waals surface area (Å²) < 4.78 is 5.40. The van der Waals surface area contributed by atoms with Crippen LogP contribution in [0.1, 0.15) is 23.8 Å². The molecule has 7 heteroatoms. The lowest BCUT2D eigenvalue weighted by molar-refractivity contribution is -0.139. The maximum Gasteiger partial charge on any atom is 0.325 e. The van der Waals surface area contributed by atoms with E-state index >= 15 is 0 Å². The molecule has 0 spiro atoms. The molecule has 0 bridgehead atoms. The van der Waals surface area contributed by atoms with Crippen LogP contribution in [0.2, 0.25) is 0 Å². The molecule has 1 N–H and O–H groups in total. The zero-order valence-electron chi connectivity index (χ0n) is 17.2. The van der Waals surface area contributed by atoms with Crippen LogP contribution < -0.4 is 5.32 Å². The summed E-state index contributed by atoms with van der Waals surface area (Å²) >= 11 is 0. The molecule has 4 rings (SSSR count). The van der Waals surface area contributed by atoms with E-state index in [9.17, 15) is 14.4 Å². The van der Waals surface area contributed by atoms with E-state index in [2.05, 4.69) is 5.32 Å². The third-order valence-electron chi connectivity index (χ3n) is 5.42. The van der Waals surface area contributed by atoms with Crippen LogP contribution in [0.25, 0.3) is 0 Å². The Hall–Kier alpha value is -3.87. The summed E-state index contributed by atoms with van der Waals surface area (Å²) in [6.45, 7) is 1.87. The van der Waals surface area contributed by atoms with E-state index in [0.717, 1.165) is 10.5 Å².